The smallest absolute Gasteiger partial charge is 0.429 e. The summed E-state index contributed by atoms with van der Waals surface area (Å²) in [6, 6.07) is 26.5. The SMILES string of the molecule is Cc1cc(-c2cc(C)cc(C(C)(C)C)c2Op2oc3c(C)cc(C)cc3c3cc(C)cc(C)c3o2)c(OC(=O)OCc2ccccc2)c(C(C)(C)C)c1. The van der Waals surface area contributed by atoms with Gasteiger partial charge in [0.25, 0.3) is 0 Å². The first-order chi connectivity index (χ1) is 24.9. The monoisotopic (exact) mass is 730 g/mol. The standard InChI is InChI=1S/C46H51O6P/c1-27-18-31(5)40-34(20-27)35-21-28(2)19-32(6)41(35)51-53(50-40)52-43-37(23-30(4)25-39(43)46(10,11)12)36-22-29(3)24-38(45(7,8)9)42(36)49-44(47)48-26-33-16-14-13-15-17-33/h13-25H,26H2,1-12H3. The highest BCUT2D eigenvalue weighted by Crippen LogP contribution is 2.50. The van der Waals surface area contributed by atoms with Crippen molar-refractivity contribution in [1.29, 1.82) is 0 Å². The van der Waals surface area contributed by atoms with E-state index >= 15 is 0 Å². The molecule has 0 saturated carbocycles. The van der Waals surface area contributed by atoms with Crippen LogP contribution in [-0.4, -0.2) is 6.16 Å². The second-order valence-corrected chi connectivity index (χ2v) is 17.4. The molecule has 53 heavy (non-hydrogen) atoms. The van der Waals surface area contributed by atoms with E-state index in [1.165, 1.54) is 0 Å². The molecule has 0 atom stereocenters. The normalized spacial score (nSPS) is 11.9. The molecule has 0 amide bonds. The van der Waals surface area contributed by atoms with E-state index in [1.807, 2.05) is 30.3 Å². The average molecular weight is 731 g/mol. The Kier molecular flexibility index (Phi) is 10.3. The first kappa shape index (κ1) is 37.8. The van der Waals surface area contributed by atoms with Crippen LogP contribution in [0.5, 0.6) is 11.5 Å². The fraction of sp³-hybridized carbons (Fsp3) is 0.326. The van der Waals surface area contributed by atoms with Gasteiger partial charge in [0.05, 0.1) is 0 Å². The maximum atomic E-state index is 13.5. The first-order valence-electron chi connectivity index (χ1n) is 18.1. The zero-order valence-corrected chi connectivity index (χ0v) is 34.0. The van der Waals surface area contributed by atoms with Crippen molar-refractivity contribution in [2.75, 3.05) is 0 Å². The Labute approximate surface area is 314 Å². The van der Waals surface area contributed by atoms with Gasteiger partial charge in [0.1, 0.15) is 29.3 Å². The molecule has 0 radical (unpaired) electrons. The van der Waals surface area contributed by atoms with Gasteiger partial charge in [0.15, 0.2) is 0 Å². The van der Waals surface area contributed by atoms with Crippen molar-refractivity contribution < 1.29 is 27.2 Å². The summed E-state index contributed by atoms with van der Waals surface area (Å²) in [5, 5.41) is 1.97. The van der Waals surface area contributed by atoms with Crippen LogP contribution in [0.4, 0.5) is 4.79 Å². The van der Waals surface area contributed by atoms with Gasteiger partial charge in [-0.1, -0.05) is 96.1 Å². The quantitative estimate of drug-likeness (QED) is 0.125. The third-order valence-corrected chi connectivity index (χ3v) is 10.4. The molecule has 6 rings (SSSR count). The van der Waals surface area contributed by atoms with Gasteiger partial charge in [-0.15, -0.1) is 0 Å². The lowest BCUT2D eigenvalue weighted by Crippen LogP contribution is -2.18. The Morgan fingerprint density at radius 3 is 1.55 bits per heavy atom. The van der Waals surface area contributed by atoms with Gasteiger partial charge in [-0.2, -0.15) is 0 Å². The van der Waals surface area contributed by atoms with E-state index in [4.69, 9.17) is 22.4 Å². The summed E-state index contributed by atoms with van der Waals surface area (Å²) in [5.41, 5.74) is 11.4. The largest absolute Gasteiger partial charge is 0.514 e. The van der Waals surface area contributed by atoms with Gasteiger partial charge in [-0.25, -0.2) is 4.79 Å². The third kappa shape index (κ3) is 8.19. The van der Waals surface area contributed by atoms with Crippen molar-refractivity contribution in [2.45, 2.75) is 101 Å². The van der Waals surface area contributed by atoms with Gasteiger partial charge in [-0.05, 0) is 116 Å². The van der Waals surface area contributed by atoms with Crippen molar-refractivity contribution in [3.8, 4) is 22.6 Å². The second kappa shape index (κ2) is 14.5. The van der Waals surface area contributed by atoms with Crippen LogP contribution >= 0.6 is 8.24 Å². The van der Waals surface area contributed by atoms with E-state index in [-0.39, 0.29) is 17.4 Å². The molecule has 0 aliphatic carbocycles. The predicted octanol–water partition coefficient (Wildman–Crippen LogP) is 14.0. The number of benzene rings is 5. The third-order valence-electron chi connectivity index (χ3n) is 9.38. The molecule has 0 N–H and O–H groups in total. The molecule has 1 heterocycles. The number of ether oxygens (including phenoxy) is 2. The molecule has 0 saturated heterocycles. The van der Waals surface area contributed by atoms with Gasteiger partial charge in [-0.3, -0.25) is 0 Å². The van der Waals surface area contributed by atoms with Crippen LogP contribution in [0.25, 0.3) is 33.1 Å². The summed E-state index contributed by atoms with van der Waals surface area (Å²) < 4.78 is 32.6. The van der Waals surface area contributed by atoms with Crippen molar-refractivity contribution in [1.82, 2.24) is 0 Å². The van der Waals surface area contributed by atoms with Gasteiger partial charge in [0, 0.05) is 33.0 Å². The van der Waals surface area contributed by atoms with Gasteiger partial charge >= 0.3 is 14.4 Å². The molecule has 6 nitrogen and oxygen atoms in total. The van der Waals surface area contributed by atoms with Crippen LogP contribution in [0.2, 0.25) is 0 Å². The summed E-state index contributed by atoms with van der Waals surface area (Å²) in [6.45, 7) is 25.4. The fourth-order valence-electron chi connectivity index (χ4n) is 6.93. The van der Waals surface area contributed by atoms with E-state index in [0.717, 1.165) is 83.1 Å². The Hall–Kier alpha value is -4.93. The molecule has 0 aliphatic heterocycles. The summed E-state index contributed by atoms with van der Waals surface area (Å²) in [6.07, 6.45) is -0.778. The highest BCUT2D eigenvalue weighted by atomic mass is 31.1. The van der Waals surface area contributed by atoms with Crippen LogP contribution in [0.3, 0.4) is 0 Å². The Morgan fingerprint density at radius 2 is 1.06 bits per heavy atom. The number of rotatable bonds is 6. The van der Waals surface area contributed by atoms with Crippen LogP contribution in [-0.2, 0) is 22.2 Å². The molecule has 0 bridgehead atoms. The molecule has 0 unspecified atom stereocenters. The molecule has 276 valence electrons. The zero-order valence-electron chi connectivity index (χ0n) is 33.1. The van der Waals surface area contributed by atoms with Crippen LogP contribution in [0.1, 0.15) is 91.6 Å². The van der Waals surface area contributed by atoms with E-state index in [2.05, 4.69) is 132 Å². The van der Waals surface area contributed by atoms with Crippen LogP contribution in [0, 0.1) is 41.5 Å². The minimum Gasteiger partial charge on any atom is -0.429 e. The highest BCUT2D eigenvalue weighted by molar-refractivity contribution is 7.32. The van der Waals surface area contributed by atoms with E-state index in [0.29, 0.717) is 11.5 Å². The minimum absolute atomic E-state index is 0.0957. The number of fused-ring (bicyclic) bond motifs is 3. The number of hydrogen-bond donors (Lipinski definition) is 0. The molecule has 5 aromatic carbocycles. The number of aryl methyl sites for hydroxylation is 6. The Balaban J connectivity index is 1.61. The fourth-order valence-corrected chi connectivity index (χ4v) is 8.17. The lowest BCUT2D eigenvalue weighted by atomic mass is 9.80. The molecule has 0 spiro atoms. The summed E-state index contributed by atoms with van der Waals surface area (Å²) in [4.78, 5) is 13.5. The second-order valence-electron chi connectivity index (χ2n) is 16.4. The van der Waals surface area contributed by atoms with Crippen LogP contribution < -0.4 is 9.26 Å². The topological polar surface area (TPSA) is 71.0 Å². The molecule has 0 fully saturated rings. The van der Waals surface area contributed by atoms with E-state index in [1.54, 1.807) is 0 Å². The average Bonchev–Trinajstić information content (AvgIpc) is 3.21. The van der Waals surface area contributed by atoms with Gasteiger partial charge < -0.3 is 22.4 Å². The zero-order chi connectivity index (χ0) is 38.4. The number of hydrogen-bond acceptors (Lipinski definition) is 6. The molecule has 0 aliphatic rings. The van der Waals surface area contributed by atoms with E-state index in [9.17, 15) is 4.79 Å². The van der Waals surface area contributed by atoms with Gasteiger partial charge in [0.2, 0.25) is 0 Å². The Morgan fingerprint density at radius 1 is 0.604 bits per heavy atom. The lowest BCUT2D eigenvalue weighted by Gasteiger charge is -2.28. The maximum Gasteiger partial charge on any atom is 0.514 e. The van der Waals surface area contributed by atoms with Crippen molar-refractivity contribution >= 4 is 36.3 Å². The first-order valence-corrected chi connectivity index (χ1v) is 19.2. The van der Waals surface area contributed by atoms with Crippen molar-refractivity contribution in [2.24, 2.45) is 0 Å². The Bertz CT molecular complexity index is 2320. The highest BCUT2D eigenvalue weighted by Gasteiger charge is 2.30. The van der Waals surface area contributed by atoms with Crippen molar-refractivity contribution in [3.63, 3.8) is 0 Å². The summed E-state index contributed by atoms with van der Waals surface area (Å²) >= 11 is 0. The predicted molar refractivity (Wildman–Crippen MR) is 217 cm³/mol. The molecule has 7 heteroatoms. The number of carbonyl (C=O) groups is 1. The number of carbonyl (C=O) groups excluding carboxylic acids is 1. The lowest BCUT2D eigenvalue weighted by molar-refractivity contribution is 0.0923. The summed E-state index contributed by atoms with van der Waals surface area (Å²) in [5.74, 6) is 1.04. The maximum absolute atomic E-state index is 13.5. The van der Waals surface area contributed by atoms with Crippen molar-refractivity contribution in [3.05, 3.63) is 129 Å². The summed E-state index contributed by atoms with van der Waals surface area (Å²) in [7, 11) is -2.01. The molecular weight excluding hydrogens is 679 g/mol. The molecule has 6 aromatic rings. The molecular formula is C46H51O6P. The minimum atomic E-state index is -2.01. The van der Waals surface area contributed by atoms with E-state index < -0.39 is 14.4 Å². The molecule has 1 aromatic heterocycles. The van der Waals surface area contributed by atoms with Crippen LogP contribution in [0.15, 0.2) is 87.3 Å².